The van der Waals surface area contributed by atoms with Gasteiger partial charge in [0.1, 0.15) is 12.3 Å². The van der Waals surface area contributed by atoms with Crippen molar-refractivity contribution in [3.05, 3.63) is 59.7 Å². The standard InChI is InChI=1S/C23H32N2O4S/c1-6-18-9-7-8-10-22(18)25(30(5,27)28)16-23(26)24-21(15-17(2)3)19-11-13-20(29-4)14-12-19/h7-14,17,21H,6,15-16H2,1-5H3,(H,24,26). The van der Waals surface area contributed by atoms with Gasteiger partial charge in [-0.3, -0.25) is 9.10 Å². The molecule has 0 aromatic heterocycles. The largest absolute Gasteiger partial charge is 0.497 e. The maximum Gasteiger partial charge on any atom is 0.241 e. The highest BCUT2D eigenvalue weighted by Gasteiger charge is 2.24. The maximum atomic E-state index is 12.9. The second kappa shape index (κ2) is 10.5. The molecule has 7 heteroatoms. The van der Waals surface area contributed by atoms with Gasteiger partial charge in [0.2, 0.25) is 15.9 Å². The number of aryl methyl sites for hydroxylation is 1. The van der Waals surface area contributed by atoms with Gasteiger partial charge in [0.15, 0.2) is 0 Å². The number of carbonyl (C=O) groups is 1. The topological polar surface area (TPSA) is 75.7 Å². The third-order valence-electron chi connectivity index (χ3n) is 4.89. The SMILES string of the molecule is CCc1ccccc1N(CC(=O)NC(CC(C)C)c1ccc(OC)cc1)S(C)(=O)=O. The highest BCUT2D eigenvalue weighted by atomic mass is 32.2. The minimum Gasteiger partial charge on any atom is -0.497 e. The van der Waals surface area contributed by atoms with Crippen molar-refractivity contribution in [2.24, 2.45) is 5.92 Å². The van der Waals surface area contributed by atoms with Crippen LogP contribution in [0, 0.1) is 5.92 Å². The first-order chi connectivity index (χ1) is 14.2. The van der Waals surface area contributed by atoms with Crippen LogP contribution in [-0.4, -0.2) is 34.2 Å². The van der Waals surface area contributed by atoms with Crippen LogP contribution in [0.25, 0.3) is 0 Å². The number of sulfonamides is 1. The summed E-state index contributed by atoms with van der Waals surface area (Å²) in [5, 5.41) is 3.03. The Hall–Kier alpha value is -2.54. The summed E-state index contributed by atoms with van der Waals surface area (Å²) in [6.45, 7) is 5.87. The molecule has 1 atom stereocenters. The summed E-state index contributed by atoms with van der Waals surface area (Å²) >= 11 is 0. The highest BCUT2D eigenvalue weighted by molar-refractivity contribution is 7.92. The third-order valence-corrected chi connectivity index (χ3v) is 6.02. The van der Waals surface area contributed by atoms with E-state index in [1.807, 2.05) is 43.3 Å². The summed E-state index contributed by atoms with van der Waals surface area (Å²) in [5.41, 5.74) is 2.38. The zero-order valence-corrected chi connectivity index (χ0v) is 19.2. The molecule has 1 amide bonds. The lowest BCUT2D eigenvalue weighted by Gasteiger charge is -2.26. The van der Waals surface area contributed by atoms with Gasteiger partial charge in [-0.2, -0.15) is 0 Å². The summed E-state index contributed by atoms with van der Waals surface area (Å²) in [6.07, 6.45) is 2.54. The summed E-state index contributed by atoms with van der Waals surface area (Å²) in [4.78, 5) is 12.9. The Labute approximate surface area is 180 Å². The van der Waals surface area contributed by atoms with Crippen LogP contribution in [0.3, 0.4) is 0 Å². The number of amides is 1. The molecule has 0 aliphatic heterocycles. The van der Waals surface area contributed by atoms with Gasteiger partial charge in [-0.25, -0.2) is 8.42 Å². The van der Waals surface area contributed by atoms with E-state index in [4.69, 9.17) is 4.74 Å². The van der Waals surface area contributed by atoms with Gasteiger partial charge in [-0.1, -0.05) is 51.1 Å². The summed E-state index contributed by atoms with van der Waals surface area (Å²) in [5.74, 6) is 0.754. The van der Waals surface area contributed by atoms with Gasteiger partial charge in [0, 0.05) is 0 Å². The quantitative estimate of drug-likeness (QED) is 0.617. The maximum absolute atomic E-state index is 12.9. The zero-order valence-electron chi connectivity index (χ0n) is 18.4. The fraction of sp³-hybridized carbons (Fsp3) is 0.435. The molecule has 6 nitrogen and oxygen atoms in total. The van der Waals surface area contributed by atoms with Crippen molar-refractivity contribution in [2.75, 3.05) is 24.2 Å². The molecule has 0 fully saturated rings. The predicted octanol–water partition coefficient (Wildman–Crippen LogP) is 3.93. The Kier molecular flexibility index (Phi) is 8.29. The van der Waals surface area contributed by atoms with Crippen molar-refractivity contribution in [3.8, 4) is 5.75 Å². The fourth-order valence-electron chi connectivity index (χ4n) is 3.39. The van der Waals surface area contributed by atoms with Crippen molar-refractivity contribution in [1.29, 1.82) is 0 Å². The van der Waals surface area contributed by atoms with Crippen LogP contribution >= 0.6 is 0 Å². The van der Waals surface area contributed by atoms with E-state index in [1.165, 1.54) is 4.31 Å². The van der Waals surface area contributed by atoms with E-state index in [0.717, 1.165) is 29.6 Å². The lowest BCUT2D eigenvalue weighted by atomic mass is 9.97. The lowest BCUT2D eigenvalue weighted by molar-refractivity contribution is -0.120. The molecule has 0 radical (unpaired) electrons. The molecule has 164 valence electrons. The Morgan fingerprint density at radius 1 is 1.10 bits per heavy atom. The molecule has 0 spiro atoms. The summed E-state index contributed by atoms with van der Waals surface area (Å²) in [6, 6.07) is 14.6. The van der Waals surface area contributed by atoms with Crippen LogP contribution in [0.4, 0.5) is 5.69 Å². The second-order valence-corrected chi connectivity index (χ2v) is 9.68. The highest BCUT2D eigenvalue weighted by Crippen LogP contribution is 2.25. The molecular weight excluding hydrogens is 400 g/mol. The number of para-hydroxylation sites is 1. The minimum atomic E-state index is -3.62. The molecule has 1 unspecified atom stereocenters. The summed E-state index contributed by atoms with van der Waals surface area (Å²) in [7, 11) is -2.01. The second-order valence-electron chi connectivity index (χ2n) is 7.77. The van der Waals surface area contributed by atoms with Crippen LogP contribution in [-0.2, 0) is 21.2 Å². The van der Waals surface area contributed by atoms with Gasteiger partial charge >= 0.3 is 0 Å². The van der Waals surface area contributed by atoms with E-state index >= 15 is 0 Å². The van der Waals surface area contributed by atoms with Gasteiger partial charge < -0.3 is 10.1 Å². The fourth-order valence-corrected chi connectivity index (χ4v) is 4.28. The number of ether oxygens (including phenoxy) is 1. The number of hydrogen-bond acceptors (Lipinski definition) is 4. The normalized spacial score (nSPS) is 12.5. The van der Waals surface area contributed by atoms with E-state index in [9.17, 15) is 13.2 Å². The monoisotopic (exact) mass is 432 g/mol. The average molecular weight is 433 g/mol. The van der Waals surface area contributed by atoms with Crippen LogP contribution < -0.4 is 14.4 Å². The molecule has 2 rings (SSSR count). The Balaban J connectivity index is 2.26. The smallest absolute Gasteiger partial charge is 0.241 e. The number of methoxy groups -OCH3 is 1. The number of benzene rings is 2. The number of carbonyl (C=O) groups excluding carboxylic acids is 1. The molecule has 0 bridgehead atoms. The Bertz CT molecular complexity index is 940. The van der Waals surface area contributed by atoms with E-state index in [2.05, 4.69) is 19.2 Å². The van der Waals surface area contributed by atoms with Crippen LogP contribution in [0.2, 0.25) is 0 Å². The summed E-state index contributed by atoms with van der Waals surface area (Å²) < 4.78 is 31.3. The minimum absolute atomic E-state index is 0.216. The first-order valence-corrected chi connectivity index (χ1v) is 12.0. The van der Waals surface area contributed by atoms with Gasteiger partial charge in [-0.05, 0) is 48.1 Å². The van der Waals surface area contributed by atoms with E-state index < -0.39 is 10.0 Å². The molecule has 2 aromatic rings. The van der Waals surface area contributed by atoms with Crippen LogP contribution in [0.5, 0.6) is 5.75 Å². The molecule has 30 heavy (non-hydrogen) atoms. The first-order valence-electron chi connectivity index (χ1n) is 10.1. The van der Waals surface area contributed by atoms with Crippen molar-refractivity contribution >= 4 is 21.6 Å². The average Bonchev–Trinajstić information content (AvgIpc) is 2.70. The van der Waals surface area contributed by atoms with E-state index in [1.54, 1.807) is 19.2 Å². The van der Waals surface area contributed by atoms with Crippen molar-refractivity contribution in [3.63, 3.8) is 0 Å². The number of anilines is 1. The van der Waals surface area contributed by atoms with Crippen LogP contribution in [0.1, 0.15) is 44.4 Å². The third kappa shape index (κ3) is 6.49. The molecule has 0 aliphatic rings. The van der Waals surface area contributed by atoms with Crippen molar-refractivity contribution in [2.45, 2.75) is 39.7 Å². The molecule has 0 saturated carbocycles. The van der Waals surface area contributed by atoms with Gasteiger partial charge in [0.25, 0.3) is 0 Å². The van der Waals surface area contributed by atoms with Crippen molar-refractivity contribution < 1.29 is 17.9 Å². The number of nitrogens with one attached hydrogen (secondary N) is 1. The molecule has 2 aromatic carbocycles. The van der Waals surface area contributed by atoms with E-state index in [-0.39, 0.29) is 18.5 Å². The molecular formula is C23H32N2O4S. The Morgan fingerprint density at radius 3 is 2.27 bits per heavy atom. The Morgan fingerprint density at radius 2 is 1.73 bits per heavy atom. The van der Waals surface area contributed by atoms with Crippen molar-refractivity contribution in [1.82, 2.24) is 5.32 Å². The zero-order chi connectivity index (χ0) is 22.3. The number of nitrogens with zero attached hydrogens (tertiary/aromatic N) is 1. The number of rotatable bonds is 10. The molecule has 0 saturated heterocycles. The lowest BCUT2D eigenvalue weighted by Crippen LogP contribution is -2.42. The number of hydrogen-bond donors (Lipinski definition) is 1. The predicted molar refractivity (Wildman–Crippen MR) is 121 cm³/mol. The molecule has 1 N–H and O–H groups in total. The molecule has 0 aliphatic carbocycles. The van der Waals surface area contributed by atoms with Gasteiger partial charge in [-0.15, -0.1) is 0 Å². The van der Waals surface area contributed by atoms with E-state index in [0.29, 0.717) is 18.0 Å². The van der Waals surface area contributed by atoms with Crippen LogP contribution in [0.15, 0.2) is 48.5 Å². The molecule has 0 heterocycles. The first kappa shape index (κ1) is 23.7. The van der Waals surface area contributed by atoms with Gasteiger partial charge in [0.05, 0.1) is 25.1 Å².